The van der Waals surface area contributed by atoms with Crippen LogP contribution in [0.5, 0.6) is 0 Å². The molecule has 1 N–H and O–H groups in total. The molecule has 0 amide bonds. The van der Waals surface area contributed by atoms with Gasteiger partial charge >= 0.3 is 5.97 Å². The van der Waals surface area contributed by atoms with Gasteiger partial charge in [0.15, 0.2) is 17.5 Å². The molecule has 1 fully saturated rings. The van der Waals surface area contributed by atoms with Crippen LogP contribution < -0.4 is 5.32 Å². The highest BCUT2D eigenvalue weighted by Crippen LogP contribution is 2.26. The highest BCUT2D eigenvalue weighted by molar-refractivity contribution is 5.77. The van der Waals surface area contributed by atoms with Crippen LogP contribution in [0.4, 0.5) is 13.2 Å². The number of nitrogens with one attached hydrogen (secondary N) is 1. The molecule has 1 atom stereocenters. The number of carbonyl (C=O) groups excluding carboxylic acids is 1. The Morgan fingerprint density at radius 1 is 1.24 bits per heavy atom. The summed E-state index contributed by atoms with van der Waals surface area (Å²) in [6, 6.07) is 0.746. The van der Waals surface area contributed by atoms with Crippen LogP contribution >= 0.6 is 0 Å². The van der Waals surface area contributed by atoms with E-state index in [0.717, 1.165) is 25.1 Å². The van der Waals surface area contributed by atoms with Crippen LogP contribution in [0, 0.1) is 17.5 Å². The van der Waals surface area contributed by atoms with Gasteiger partial charge in [-0.25, -0.2) is 18.0 Å². The Balaban J connectivity index is 2.37. The minimum absolute atomic E-state index is 0.0557. The van der Waals surface area contributed by atoms with E-state index in [4.69, 9.17) is 4.74 Å². The smallest absolute Gasteiger partial charge is 0.327 e. The van der Waals surface area contributed by atoms with Gasteiger partial charge in [0, 0.05) is 19.6 Å². The maximum atomic E-state index is 13.4. The summed E-state index contributed by atoms with van der Waals surface area (Å²) in [5.41, 5.74) is 0.0557. The van der Waals surface area contributed by atoms with Crippen molar-refractivity contribution in [3.8, 4) is 0 Å². The van der Waals surface area contributed by atoms with E-state index in [9.17, 15) is 18.0 Å². The van der Waals surface area contributed by atoms with Gasteiger partial charge in [-0.05, 0) is 30.7 Å². The molecule has 1 aromatic rings. The number of hydrogen-bond donors (Lipinski definition) is 1. The highest BCUT2D eigenvalue weighted by atomic mass is 19.2. The molecule has 0 radical (unpaired) electrons. The fraction of sp³-hybridized carbons (Fsp3) is 0.500. The Labute approximate surface area is 120 Å². The van der Waals surface area contributed by atoms with Gasteiger partial charge in [-0.3, -0.25) is 4.90 Å². The van der Waals surface area contributed by atoms with E-state index in [1.54, 1.807) is 4.90 Å². The molecule has 2 rings (SSSR count). The van der Waals surface area contributed by atoms with Crippen LogP contribution in [0.1, 0.15) is 18.0 Å². The molecule has 0 aliphatic carbocycles. The molecule has 0 spiro atoms. The molecule has 21 heavy (non-hydrogen) atoms. The summed E-state index contributed by atoms with van der Waals surface area (Å²) in [7, 11) is 1.21. The van der Waals surface area contributed by atoms with Gasteiger partial charge in [-0.1, -0.05) is 0 Å². The quantitative estimate of drug-likeness (QED) is 0.680. The molecule has 1 aliphatic rings. The number of halogens is 3. The van der Waals surface area contributed by atoms with Crippen molar-refractivity contribution < 1.29 is 22.7 Å². The molecule has 4 nitrogen and oxygen atoms in total. The van der Waals surface area contributed by atoms with Gasteiger partial charge in [0.05, 0.1) is 7.11 Å². The molecule has 1 aliphatic heterocycles. The molecule has 0 bridgehead atoms. The number of rotatable bonds is 3. The second-order valence-electron chi connectivity index (χ2n) is 4.86. The lowest BCUT2D eigenvalue weighted by atomic mass is 10.0. The SMILES string of the molecule is COC(=O)C(c1cc(F)c(F)c(F)c1)N1CCCNCC1. The summed E-state index contributed by atoms with van der Waals surface area (Å²) >= 11 is 0. The number of carbonyl (C=O) groups is 1. The van der Waals surface area contributed by atoms with Crippen molar-refractivity contribution in [3.63, 3.8) is 0 Å². The normalized spacial score (nSPS) is 18.1. The Bertz CT molecular complexity index is 494. The lowest BCUT2D eigenvalue weighted by Gasteiger charge is -2.28. The third-order valence-electron chi connectivity index (χ3n) is 3.49. The van der Waals surface area contributed by atoms with Crippen LogP contribution in [-0.2, 0) is 9.53 Å². The number of ether oxygens (including phenoxy) is 1. The van der Waals surface area contributed by atoms with Crippen LogP contribution in [0.15, 0.2) is 12.1 Å². The van der Waals surface area contributed by atoms with Crippen molar-refractivity contribution in [2.75, 3.05) is 33.3 Å². The van der Waals surface area contributed by atoms with E-state index in [1.165, 1.54) is 7.11 Å². The monoisotopic (exact) mass is 302 g/mol. The molecule has 7 heteroatoms. The molecular formula is C14H17F3N2O2. The maximum absolute atomic E-state index is 13.4. The number of hydrogen-bond acceptors (Lipinski definition) is 4. The molecule has 116 valence electrons. The van der Waals surface area contributed by atoms with Crippen LogP contribution in [0.2, 0.25) is 0 Å². The van der Waals surface area contributed by atoms with Crippen molar-refractivity contribution in [2.24, 2.45) is 0 Å². The van der Waals surface area contributed by atoms with Crippen molar-refractivity contribution in [2.45, 2.75) is 12.5 Å². The van der Waals surface area contributed by atoms with E-state index >= 15 is 0 Å². The van der Waals surface area contributed by atoms with Gasteiger partial charge < -0.3 is 10.1 Å². The molecule has 1 unspecified atom stereocenters. The van der Waals surface area contributed by atoms with Crippen LogP contribution in [0.3, 0.4) is 0 Å². The molecule has 1 saturated heterocycles. The zero-order valence-electron chi connectivity index (χ0n) is 11.7. The average Bonchev–Trinajstić information content (AvgIpc) is 2.74. The first-order chi connectivity index (χ1) is 10.0. The number of methoxy groups -OCH3 is 1. The zero-order valence-corrected chi connectivity index (χ0v) is 11.7. The average molecular weight is 302 g/mol. The van der Waals surface area contributed by atoms with E-state index in [1.807, 2.05) is 0 Å². The van der Waals surface area contributed by atoms with E-state index in [2.05, 4.69) is 5.32 Å². The van der Waals surface area contributed by atoms with Crippen molar-refractivity contribution in [1.29, 1.82) is 0 Å². The largest absolute Gasteiger partial charge is 0.468 e. The lowest BCUT2D eigenvalue weighted by Crippen LogP contribution is -2.37. The highest BCUT2D eigenvalue weighted by Gasteiger charge is 2.30. The molecule has 0 aromatic heterocycles. The Morgan fingerprint density at radius 2 is 1.90 bits per heavy atom. The summed E-state index contributed by atoms with van der Waals surface area (Å²) in [6.07, 6.45) is 0.791. The lowest BCUT2D eigenvalue weighted by molar-refractivity contribution is -0.147. The predicted molar refractivity (Wildman–Crippen MR) is 70.1 cm³/mol. The summed E-state index contributed by atoms with van der Waals surface area (Å²) in [6.45, 7) is 2.56. The number of benzene rings is 1. The predicted octanol–water partition coefficient (Wildman–Crippen LogP) is 1.61. The second kappa shape index (κ2) is 6.91. The summed E-state index contributed by atoms with van der Waals surface area (Å²) in [5, 5.41) is 3.17. The number of nitrogens with zero attached hydrogens (tertiary/aromatic N) is 1. The first kappa shape index (κ1) is 15.8. The van der Waals surface area contributed by atoms with E-state index < -0.39 is 29.5 Å². The zero-order chi connectivity index (χ0) is 15.4. The van der Waals surface area contributed by atoms with Crippen LogP contribution in [0.25, 0.3) is 0 Å². The second-order valence-corrected chi connectivity index (χ2v) is 4.86. The Kier molecular flexibility index (Phi) is 5.19. The Hall–Kier alpha value is -1.60. The van der Waals surface area contributed by atoms with Gasteiger partial charge in [0.1, 0.15) is 6.04 Å². The summed E-state index contributed by atoms with van der Waals surface area (Å²) in [5.74, 6) is -4.79. The fourth-order valence-corrected chi connectivity index (χ4v) is 2.47. The third-order valence-corrected chi connectivity index (χ3v) is 3.49. The minimum atomic E-state index is -1.54. The summed E-state index contributed by atoms with van der Waals surface area (Å²) < 4.78 is 44.6. The van der Waals surface area contributed by atoms with E-state index in [-0.39, 0.29) is 5.56 Å². The van der Waals surface area contributed by atoms with Crippen molar-refractivity contribution >= 4 is 5.97 Å². The van der Waals surface area contributed by atoms with Gasteiger partial charge in [0.25, 0.3) is 0 Å². The molecule has 0 saturated carbocycles. The Morgan fingerprint density at radius 3 is 2.52 bits per heavy atom. The molecule has 1 aromatic carbocycles. The molecule has 1 heterocycles. The third kappa shape index (κ3) is 3.54. The van der Waals surface area contributed by atoms with Gasteiger partial charge in [-0.15, -0.1) is 0 Å². The summed E-state index contributed by atoms with van der Waals surface area (Å²) in [4.78, 5) is 13.8. The number of esters is 1. The molecular weight excluding hydrogens is 285 g/mol. The topological polar surface area (TPSA) is 41.6 Å². The van der Waals surface area contributed by atoms with Gasteiger partial charge in [-0.2, -0.15) is 0 Å². The first-order valence-electron chi connectivity index (χ1n) is 6.71. The minimum Gasteiger partial charge on any atom is -0.468 e. The van der Waals surface area contributed by atoms with Crippen molar-refractivity contribution in [1.82, 2.24) is 10.2 Å². The van der Waals surface area contributed by atoms with Crippen molar-refractivity contribution in [3.05, 3.63) is 35.1 Å². The fourth-order valence-electron chi connectivity index (χ4n) is 2.47. The van der Waals surface area contributed by atoms with Gasteiger partial charge in [0.2, 0.25) is 0 Å². The maximum Gasteiger partial charge on any atom is 0.327 e. The van der Waals surface area contributed by atoms with Crippen LogP contribution in [-0.4, -0.2) is 44.2 Å². The standard InChI is InChI=1S/C14H17F3N2O2/c1-21-14(20)13(19-5-2-3-18-4-6-19)9-7-10(15)12(17)11(16)8-9/h7-8,13,18H,2-6H2,1H3. The van der Waals surface area contributed by atoms with E-state index in [0.29, 0.717) is 19.6 Å². The first-order valence-corrected chi connectivity index (χ1v) is 6.71.